The van der Waals surface area contributed by atoms with Crippen LogP contribution in [0.2, 0.25) is 15.1 Å². The summed E-state index contributed by atoms with van der Waals surface area (Å²) in [6.07, 6.45) is 0.828. The number of nitrogens with two attached hydrogens (primary N) is 1. The molecule has 2 aromatic rings. The zero-order valence-corrected chi connectivity index (χ0v) is 14.1. The lowest BCUT2D eigenvalue weighted by Crippen LogP contribution is -2.17. The molecule has 0 saturated carbocycles. The standard InChI is InChI=1S/C16H16Cl3NO/c1-9-5-11(6-10(2)20)3-4-15(9)21-16-8-13(18)12(17)7-14(16)19/h3-5,7-8,10H,6,20H2,1-2H3. The van der Waals surface area contributed by atoms with E-state index < -0.39 is 0 Å². The van der Waals surface area contributed by atoms with Gasteiger partial charge in [-0.1, -0.05) is 46.9 Å². The number of ether oxygens (including phenoxy) is 1. The van der Waals surface area contributed by atoms with Crippen molar-refractivity contribution in [2.24, 2.45) is 5.73 Å². The van der Waals surface area contributed by atoms with Gasteiger partial charge in [-0.3, -0.25) is 0 Å². The van der Waals surface area contributed by atoms with E-state index in [9.17, 15) is 0 Å². The summed E-state index contributed by atoms with van der Waals surface area (Å²) in [5.74, 6) is 1.21. The van der Waals surface area contributed by atoms with Gasteiger partial charge >= 0.3 is 0 Å². The Morgan fingerprint density at radius 2 is 1.67 bits per heavy atom. The van der Waals surface area contributed by atoms with Crippen LogP contribution in [0.15, 0.2) is 30.3 Å². The summed E-state index contributed by atoms with van der Waals surface area (Å²) in [5, 5.41) is 1.23. The average molecular weight is 345 g/mol. The lowest BCUT2D eigenvalue weighted by molar-refractivity contribution is 0.479. The van der Waals surface area contributed by atoms with Gasteiger partial charge in [-0.25, -0.2) is 0 Å². The molecule has 112 valence electrons. The molecular weight excluding hydrogens is 329 g/mol. The molecule has 0 spiro atoms. The molecular formula is C16H16Cl3NO. The van der Waals surface area contributed by atoms with Crippen molar-refractivity contribution in [3.63, 3.8) is 0 Å². The van der Waals surface area contributed by atoms with E-state index in [-0.39, 0.29) is 6.04 Å². The molecule has 5 heteroatoms. The second-order valence-electron chi connectivity index (χ2n) is 5.08. The van der Waals surface area contributed by atoms with Gasteiger partial charge in [-0.05, 0) is 43.5 Å². The second kappa shape index (κ2) is 6.89. The lowest BCUT2D eigenvalue weighted by atomic mass is 10.0. The van der Waals surface area contributed by atoms with E-state index in [1.165, 1.54) is 5.56 Å². The van der Waals surface area contributed by atoms with Gasteiger partial charge < -0.3 is 10.5 Å². The molecule has 1 atom stereocenters. The fourth-order valence-corrected chi connectivity index (χ4v) is 2.60. The van der Waals surface area contributed by atoms with Crippen LogP contribution in [0.4, 0.5) is 0 Å². The highest BCUT2D eigenvalue weighted by Crippen LogP contribution is 2.37. The topological polar surface area (TPSA) is 35.2 Å². The first-order chi connectivity index (χ1) is 9.86. The minimum Gasteiger partial charge on any atom is -0.455 e. The van der Waals surface area contributed by atoms with Gasteiger partial charge in [0.25, 0.3) is 0 Å². The van der Waals surface area contributed by atoms with Crippen molar-refractivity contribution in [3.8, 4) is 11.5 Å². The van der Waals surface area contributed by atoms with Crippen molar-refractivity contribution in [2.45, 2.75) is 26.3 Å². The molecule has 0 amide bonds. The first kappa shape index (κ1) is 16.4. The molecule has 2 rings (SSSR count). The van der Waals surface area contributed by atoms with Crippen molar-refractivity contribution in [1.29, 1.82) is 0 Å². The average Bonchev–Trinajstić information content (AvgIpc) is 2.38. The predicted molar refractivity (Wildman–Crippen MR) is 90.1 cm³/mol. The van der Waals surface area contributed by atoms with Crippen molar-refractivity contribution >= 4 is 34.8 Å². The van der Waals surface area contributed by atoms with E-state index in [0.717, 1.165) is 17.7 Å². The number of hydrogen-bond donors (Lipinski definition) is 1. The Labute approximate surface area is 139 Å². The Bertz CT molecular complexity index is 656. The Balaban J connectivity index is 2.26. The Morgan fingerprint density at radius 1 is 1.00 bits per heavy atom. The molecule has 0 saturated heterocycles. The smallest absolute Gasteiger partial charge is 0.147 e. The normalized spacial score (nSPS) is 12.3. The van der Waals surface area contributed by atoms with Crippen LogP contribution in [0.1, 0.15) is 18.1 Å². The van der Waals surface area contributed by atoms with Crippen molar-refractivity contribution in [2.75, 3.05) is 0 Å². The highest BCUT2D eigenvalue weighted by Gasteiger charge is 2.10. The molecule has 0 aliphatic heterocycles. The minimum atomic E-state index is 0.126. The zero-order valence-electron chi connectivity index (χ0n) is 11.8. The van der Waals surface area contributed by atoms with Crippen LogP contribution in [0, 0.1) is 6.92 Å². The summed E-state index contributed by atoms with van der Waals surface area (Å²) in [6, 6.07) is 9.27. The molecule has 0 fully saturated rings. The van der Waals surface area contributed by atoms with Crippen LogP contribution in [-0.2, 0) is 6.42 Å². The van der Waals surface area contributed by atoms with Gasteiger partial charge in [0.05, 0.1) is 15.1 Å². The van der Waals surface area contributed by atoms with Crippen LogP contribution >= 0.6 is 34.8 Å². The summed E-state index contributed by atoms with van der Waals surface area (Å²) < 4.78 is 5.83. The molecule has 0 aliphatic rings. The molecule has 0 radical (unpaired) electrons. The quantitative estimate of drug-likeness (QED) is 0.729. The second-order valence-corrected chi connectivity index (χ2v) is 6.30. The molecule has 2 N–H and O–H groups in total. The summed E-state index contributed by atoms with van der Waals surface area (Å²) in [5.41, 5.74) is 8.00. The van der Waals surface area contributed by atoms with Crippen LogP contribution in [0.25, 0.3) is 0 Å². The van der Waals surface area contributed by atoms with Crippen LogP contribution in [0.3, 0.4) is 0 Å². The van der Waals surface area contributed by atoms with Crippen molar-refractivity contribution in [3.05, 3.63) is 56.5 Å². The van der Waals surface area contributed by atoms with Crippen LogP contribution < -0.4 is 10.5 Å². The van der Waals surface area contributed by atoms with E-state index in [0.29, 0.717) is 20.8 Å². The Morgan fingerprint density at radius 3 is 2.29 bits per heavy atom. The molecule has 1 unspecified atom stereocenters. The number of halogens is 3. The van der Waals surface area contributed by atoms with Gasteiger partial charge in [0, 0.05) is 12.1 Å². The van der Waals surface area contributed by atoms with Gasteiger partial charge in [0.2, 0.25) is 0 Å². The fraction of sp³-hybridized carbons (Fsp3) is 0.250. The van der Waals surface area contributed by atoms with E-state index in [1.807, 2.05) is 26.0 Å². The fourth-order valence-electron chi connectivity index (χ4n) is 2.03. The summed E-state index contributed by atoms with van der Waals surface area (Å²) in [4.78, 5) is 0. The third kappa shape index (κ3) is 4.27. The highest BCUT2D eigenvalue weighted by molar-refractivity contribution is 6.43. The summed E-state index contributed by atoms with van der Waals surface area (Å²) in [7, 11) is 0. The largest absolute Gasteiger partial charge is 0.455 e. The van der Waals surface area contributed by atoms with Crippen molar-refractivity contribution < 1.29 is 4.74 Å². The zero-order chi connectivity index (χ0) is 15.6. The highest BCUT2D eigenvalue weighted by atomic mass is 35.5. The van der Waals surface area contributed by atoms with Crippen LogP contribution in [-0.4, -0.2) is 6.04 Å². The Kier molecular flexibility index (Phi) is 5.39. The maximum Gasteiger partial charge on any atom is 0.147 e. The lowest BCUT2D eigenvalue weighted by Gasteiger charge is -2.13. The van der Waals surface area contributed by atoms with E-state index in [1.54, 1.807) is 12.1 Å². The van der Waals surface area contributed by atoms with E-state index in [4.69, 9.17) is 45.3 Å². The molecule has 0 bridgehead atoms. The SMILES string of the molecule is Cc1cc(CC(C)N)ccc1Oc1cc(Cl)c(Cl)cc1Cl. The number of aryl methyl sites for hydroxylation is 1. The third-order valence-electron chi connectivity index (χ3n) is 2.99. The predicted octanol–water partition coefficient (Wildman–Crippen LogP) is 5.64. The van der Waals surface area contributed by atoms with Gasteiger partial charge in [0.1, 0.15) is 11.5 Å². The van der Waals surface area contributed by atoms with Crippen LogP contribution in [0.5, 0.6) is 11.5 Å². The molecule has 21 heavy (non-hydrogen) atoms. The van der Waals surface area contributed by atoms with Crippen molar-refractivity contribution in [1.82, 2.24) is 0 Å². The molecule has 2 nitrogen and oxygen atoms in total. The summed E-state index contributed by atoms with van der Waals surface area (Å²) in [6.45, 7) is 3.96. The molecule has 2 aromatic carbocycles. The summed E-state index contributed by atoms with van der Waals surface area (Å²) >= 11 is 18.0. The first-order valence-electron chi connectivity index (χ1n) is 6.54. The monoisotopic (exact) mass is 343 g/mol. The van der Waals surface area contributed by atoms with E-state index in [2.05, 4.69) is 6.07 Å². The first-order valence-corrected chi connectivity index (χ1v) is 7.67. The maximum absolute atomic E-state index is 6.12. The number of hydrogen-bond acceptors (Lipinski definition) is 2. The van der Waals surface area contributed by atoms with Gasteiger partial charge in [-0.15, -0.1) is 0 Å². The van der Waals surface area contributed by atoms with Gasteiger partial charge in [0.15, 0.2) is 0 Å². The molecule has 0 aliphatic carbocycles. The van der Waals surface area contributed by atoms with Gasteiger partial charge in [-0.2, -0.15) is 0 Å². The number of benzene rings is 2. The molecule has 0 aromatic heterocycles. The Hall–Kier alpha value is -0.930. The molecule has 0 heterocycles. The minimum absolute atomic E-state index is 0.126. The van der Waals surface area contributed by atoms with E-state index >= 15 is 0 Å². The number of rotatable bonds is 4. The third-order valence-corrected chi connectivity index (χ3v) is 4.01. The maximum atomic E-state index is 6.12.